The maximum Gasteiger partial charge on any atom is 0.406 e. The molecule has 0 fully saturated rings. The zero-order chi connectivity index (χ0) is 10.0. The number of aryl methyl sites for hydroxylation is 2. The predicted molar refractivity (Wildman–Crippen MR) is 45.3 cm³/mol. The SMILES string of the molecule is CC[n+]1[nH]n(C)c(=O)c1C(=O)NC. The zero-order valence-electron chi connectivity index (χ0n) is 7.92. The number of aromatic amines is 1. The molecule has 0 bridgehead atoms. The van der Waals surface area contributed by atoms with E-state index >= 15 is 0 Å². The lowest BCUT2D eigenvalue weighted by Gasteiger charge is -1.93. The molecule has 0 aliphatic carbocycles. The smallest absolute Gasteiger partial charge is 0.352 e. The lowest BCUT2D eigenvalue weighted by atomic mass is 10.4. The molecular weight excluding hydrogens is 172 g/mol. The standard InChI is InChI=1S/C7H12N4O2/c1-4-11-5(6(12)8-2)7(13)10(3)9-11/h4H2,1-3H3,(H-,8,9,12,13)/p+1. The Bertz CT molecular complexity index is 376. The summed E-state index contributed by atoms with van der Waals surface area (Å²) in [7, 11) is 3.07. The van der Waals surface area contributed by atoms with Crippen LogP contribution in [-0.4, -0.2) is 22.9 Å². The Kier molecular flexibility index (Phi) is 2.50. The number of amides is 1. The second-order valence-corrected chi connectivity index (χ2v) is 2.64. The third-order valence-electron chi connectivity index (χ3n) is 1.81. The highest BCUT2D eigenvalue weighted by molar-refractivity contribution is 5.90. The van der Waals surface area contributed by atoms with E-state index in [0.29, 0.717) is 6.54 Å². The van der Waals surface area contributed by atoms with E-state index in [1.807, 2.05) is 6.92 Å². The van der Waals surface area contributed by atoms with Crippen LogP contribution >= 0.6 is 0 Å². The van der Waals surface area contributed by atoms with Gasteiger partial charge in [0.15, 0.2) is 0 Å². The van der Waals surface area contributed by atoms with Crippen LogP contribution in [0.25, 0.3) is 0 Å². The van der Waals surface area contributed by atoms with E-state index < -0.39 is 0 Å². The molecule has 6 heteroatoms. The van der Waals surface area contributed by atoms with Crippen LogP contribution in [-0.2, 0) is 13.6 Å². The van der Waals surface area contributed by atoms with Crippen LogP contribution in [0.2, 0.25) is 0 Å². The van der Waals surface area contributed by atoms with Crippen molar-refractivity contribution in [2.45, 2.75) is 13.5 Å². The molecular formula is C7H13N4O2+. The molecule has 0 saturated heterocycles. The van der Waals surface area contributed by atoms with Gasteiger partial charge in [-0.3, -0.25) is 4.79 Å². The summed E-state index contributed by atoms with van der Waals surface area (Å²) in [6, 6.07) is 0. The summed E-state index contributed by atoms with van der Waals surface area (Å²) in [5.41, 5.74) is -0.186. The molecule has 0 aliphatic rings. The lowest BCUT2D eigenvalue weighted by Crippen LogP contribution is -2.45. The van der Waals surface area contributed by atoms with Gasteiger partial charge in [-0.05, 0) is 6.92 Å². The van der Waals surface area contributed by atoms with Crippen molar-refractivity contribution in [3.8, 4) is 0 Å². The van der Waals surface area contributed by atoms with Gasteiger partial charge in [0.2, 0.25) is 0 Å². The number of aromatic nitrogens is 3. The fraction of sp³-hybridized carbons (Fsp3) is 0.571. The fourth-order valence-corrected chi connectivity index (χ4v) is 1.12. The largest absolute Gasteiger partial charge is 0.406 e. The molecule has 0 aromatic carbocycles. The van der Waals surface area contributed by atoms with Gasteiger partial charge >= 0.3 is 17.2 Å². The topological polar surface area (TPSA) is 70.8 Å². The van der Waals surface area contributed by atoms with Crippen molar-refractivity contribution in [2.24, 2.45) is 7.05 Å². The van der Waals surface area contributed by atoms with E-state index in [4.69, 9.17) is 0 Å². The molecule has 6 nitrogen and oxygen atoms in total. The first-order valence-corrected chi connectivity index (χ1v) is 4.02. The summed E-state index contributed by atoms with van der Waals surface area (Å²) in [5, 5.41) is 5.15. The van der Waals surface area contributed by atoms with Gasteiger partial charge in [-0.25, -0.2) is 4.79 Å². The van der Waals surface area contributed by atoms with Crippen molar-refractivity contribution in [1.29, 1.82) is 0 Å². The van der Waals surface area contributed by atoms with E-state index in [1.54, 1.807) is 7.05 Å². The second-order valence-electron chi connectivity index (χ2n) is 2.64. The average Bonchev–Trinajstić information content (AvgIpc) is 2.42. The number of hydrogen-bond acceptors (Lipinski definition) is 2. The molecule has 1 aromatic heterocycles. The summed E-state index contributed by atoms with van der Waals surface area (Å²) in [5.74, 6) is -0.372. The molecule has 1 aromatic rings. The Hall–Kier alpha value is -1.59. The second kappa shape index (κ2) is 3.42. The summed E-state index contributed by atoms with van der Waals surface area (Å²) in [4.78, 5) is 22.7. The van der Waals surface area contributed by atoms with Crippen LogP contribution in [0.3, 0.4) is 0 Å². The lowest BCUT2D eigenvalue weighted by molar-refractivity contribution is -0.753. The molecule has 0 spiro atoms. The summed E-state index contributed by atoms with van der Waals surface area (Å²) >= 11 is 0. The number of hydrogen-bond donors (Lipinski definition) is 2. The van der Waals surface area contributed by atoms with Crippen molar-refractivity contribution >= 4 is 5.91 Å². The van der Waals surface area contributed by atoms with Gasteiger partial charge in [-0.2, -0.15) is 4.68 Å². The van der Waals surface area contributed by atoms with Crippen LogP contribution in [0.4, 0.5) is 0 Å². The Balaban J connectivity index is 3.32. The minimum atomic E-state index is -0.372. The molecule has 1 rings (SSSR count). The molecule has 0 aliphatic heterocycles. The van der Waals surface area contributed by atoms with Gasteiger partial charge < -0.3 is 5.32 Å². The van der Waals surface area contributed by atoms with Crippen molar-refractivity contribution in [1.82, 2.24) is 15.2 Å². The first-order valence-electron chi connectivity index (χ1n) is 4.02. The molecule has 2 N–H and O–H groups in total. The summed E-state index contributed by atoms with van der Waals surface area (Å²) in [6.45, 7) is 2.40. The Morgan fingerprint density at radius 1 is 1.69 bits per heavy atom. The van der Waals surface area contributed by atoms with Gasteiger partial charge in [0.25, 0.3) is 0 Å². The molecule has 1 amide bonds. The number of nitrogens with zero attached hydrogens (tertiary/aromatic N) is 2. The van der Waals surface area contributed by atoms with Crippen LogP contribution in [0.1, 0.15) is 17.4 Å². The summed E-state index contributed by atoms with van der Waals surface area (Å²) < 4.78 is 2.77. The van der Waals surface area contributed by atoms with E-state index in [1.165, 1.54) is 16.4 Å². The molecule has 0 unspecified atom stereocenters. The fourth-order valence-electron chi connectivity index (χ4n) is 1.12. The minimum absolute atomic E-state index is 0.132. The normalized spacial score (nSPS) is 10.1. The average molecular weight is 185 g/mol. The monoisotopic (exact) mass is 185 g/mol. The Labute approximate surface area is 75.1 Å². The van der Waals surface area contributed by atoms with E-state index in [0.717, 1.165) is 0 Å². The van der Waals surface area contributed by atoms with Crippen molar-refractivity contribution in [3.05, 3.63) is 16.0 Å². The van der Waals surface area contributed by atoms with E-state index in [9.17, 15) is 9.59 Å². The molecule has 1 heterocycles. The Morgan fingerprint density at radius 2 is 2.31 bits per heavy atom. The van der Waals surface area contributed by atoms with Crippen LogP contribution < -0.4 is 15.6 Å². The highest BCUT2D eigenvalue weighted by Gasteiger charge is 2.24. The highest BCUT2D eigenvalue weighted by atomic mass is 16.2. The van der Waals surface area contributed by atoms with Crippen molar-refractivity contribution in [2.75, 3.05) is 7.05 Å². The molecule has 0 atom stereocenters. The predicted octanol–water partition coefficient (Wildman–Crippen LogP) is -1.62. The van der Waals surface area contributed by atoms with Gasteiger partial charge in [0, 0.05) is 7.05 Å². The van der Waals surface area contributed by atoms with Crippen molar-refractivity contribution < 1.29 is 9.48 Å². The number of H-pyrrole nitrogens is 1. The quantitative estimate of drug-likeness (QED) is 0.544. The zero-order valence-corrected chi connectivity index (χ0v) is 7.92. The van der Waals surface area contributed by atoms with Gasteiger partial charge in [0.1, 0.15) is 13.6 Å². The maximum absolute atomic E-state index is 11.4. The first-order chi connectivity index (χ1) is 6.11. The third kappa shape index (κ3) is 1.47. The van der Waals surface area contributed by atoms with Crippen LogP contribution in [0, 0.1) is 0 Å². The number of carbonyl (C=O) groups is 1. The van der Waals surface area contributed by atoms with E-state index in [-0.39, 0.29) is 17.2 Å². The van der Waals surface area contributed by atoms with E-state index in [2.05, 4.69) is 10.5 Å². The molecule has 0 saturated carbocycles. The molecule has 0 radical (unpaired) electrons. The Morgan fingerprint density at radius 3 is 2.77 bits per heavy atom. The van der Waals surface area contributed by atoms with Gasteiger partial charge in [0.05, 0.1) is 0 Å². The number of rotatable bonds is 2. The molecule has 72 valence electrons. The van der Waals surface area contributed by atoms with Crippen LogP contribution in [0.5, 0.6) is 0 Å². The summed E-state index contributed by atoms with van der Waals surface area (Å²) in [6.07, 6.45) is 0. The minimum Gasteiger partial charge on any atom is -0.352 e. The first kappa shape index (κ1) is 9.50. The third-order valence-corrected chi connectivity index (χ3v) is 1.81. The maximum atomic E-state index is 11.4. The van der Waals surface area contributed by atoms with Gasteiger partial charge in [-0.1, -0.05) is 5.21 Å². The van der Waals surface area contributed by atoms with Crippen molar-refractivity contribution in [3.63, 3.8) is 0 Å². The number of nitrogens with one attached hydrogen (secondary N) is 2. The van der Waals surface area contributed by atoms with Crippen LogP contribution in [0.15, 0.2) is 4.79 Å². The van der Waals surface area contributed by atoms with Gasteiger partial charge in [-0.15, -0.1) is 4.68 Å². The highest BCUT2D eigenvalue weighted by Crippen LogP contribution is 1.80. The number of carbonyl (C=O) groups excluding carboxylic acids is 1. The molecule has 13 heavy (non-hydrogen) atoms.